The molecule has 0 aliphatic heterocycles. The van der Waals surface area contributed by atoms with Crippen molar-refractivity contribution in [1.29, 1.82) is 0 Å². The second kappa shape index (κ2) is 9.26. The number of nitrogens with one attached hydrogen (secondary N) is 1. The zero-order valence-corrected chi connectivity index (χ0v) is 16.8. The molecule has 6 nitrogen and oxygen atoms in total. The fourth-order valence-electron chi connectivity index (χ4n) is 3.85. The van der Waals surface area contributed by atoms with Crippen LogP contribution in [0.2, 0.25) is 0 Å². The lowest BCUT2D eigenvalue weighted by Crippen LogP contribution is -2.26. The first-order valence-electron chi connectivity index (χ1n) is 10.1. The summed E-state index contributed by atoms with van der Waals surface area (Å²) in [5.74, 6) is -0.975. The molecule has 0 radical (unpaired) electrons. The minimum absolute atomic E-state index is 0.0260. The summed E-state index contributed by atoms with van der Waals surface area (Å²) in [6.45, 7) is 0.656. The number of benzene rings is 2. The molecule has 3 aromatic rings. The number of aromatic carboxylic acids is 1. The number of hydrogen-bond donors (Lipinski definition) is 2. The zero-order chi connectivity index (χ0) is 21.6. The van der Waals surface area contributed by atoms with Crippen LogP contribution in [0.5, 0.6) is 0 Å². The van der Waals surface area contributed by atoms with E-state index >= 15 is 0 Å². The normalized spacial score (nSPS) is 12.4. The third-order valence-electron chi connectivity index (χ3n) is 5.30. The minimum Gasteiger partial charge on any atom is -0.478 e. The van der Waals surface area contributed by atoms with Gasteiger partial charge in [-0.05, 0) is 34.7 Å². The average molecular weight is 414 g/mol. The summed E-state index contributed by atoms with van der Waals surface area (Å²) >= 11 is 0. The Bertz CT molecular complexity index is 1090. The highest BCUT2D eigenvalue weighted by molar-refractivity contribution is 5.91. The molecule has 0 atom stereocenters. The SMILES string of the molecule is O=C(NCCC=Cc1cnccc1C(=O)O)OCC1c2ccccc2-c2ccccc21. The van der Waals surface area contributed by atoms with E-state index in [9.17, 15) is 14.7 Å². The summed E-state index contributed by atoms with van der Waals surface area (Å²) in [5.41, 5.74) is 5.43. The lowest BCUT2D eigenvalue weighted by atomic mass is 9.98. The highest BCUT2D eigenvalue weighted by Gasteiger charge is 2.28. The fraction of sp³-hybridized carbons (Fsp3) is 0.160. The Morgan fingerprint density at radius 2 is 1.71 bits per heavy atom. The fourth-order valence-corrected chi connectivity index (χ4v) is 3.85. The monoisotopic (exact) mass is 414 g/mol. The first-order chi connectivity index (χ1) is 15.1. The molecule has 1 aliphatic rings. The van der Waals surface area contributed by atoms with Crippen LogP contribution in [0, 0.1) is 0 Å². The lowest BCUT2D eigenvalue weighted by Gasteiger charge is -2.14. The molecule has 1 amide bonds. The topological polar surface area (TPSA) is 88.5 Å². The smallest absolute Gasteiger partial charge is 0.407 e. The van der Waals surface area contributed by atoms with Gasteiger partial charge in [-0.3, -0.25) is 4.98 Å². The van der Waals surface area contributed by atoms with Crippen LogP contribution >= 0.6 is 0 Å². The zero-order valence-electron chi connectivity index (χ0n) is 16.8. The van der Waals surface area contributed by atoms with E-state index in [2.05, 4.69) is 34.6 Å². The molecule has 0 fully saturated rings. The number of aromatic nitrogens is 1. The van der Waals surface area contributed by atoms with Gasteiger partial charge in [0.05, 0.1) is 5.56 Å². The van der Waals surface area contributed by atoms with Gasteiger partial charge in [0.25, 0.3) is 0 Å². The van der Waals surface area contributed by atoms with E-state index in [0.29, 0.717) is 18.5 Å². The largest absolute Gasteiger partial charge is 0.478 e. The van der Waals surface area contributed by atoms with Gasteiger partial charge in [0.2, 0.25) is 0 Å². The van der Waals surface area contributed by atoms with Crippen molar-refractivity contribution in [3.63, 3.8) is 0 Å². The Labute approximate surface area is 180 Å². The van der Waals surface area contributed by atoms with E-state index < -0.39 is 12.1 Å². The summed E-state index contributed by atoms with van der Waals surface area (Å²) < 4.78 is 5.49. The minimum atomic E-state index is -1.00. The van der Waals surface area contributed by atoms with Gasteiger partial charge < -0.3 is 15.2 Å². The third-order valence-corrected chi connectivity index (χ3v) is 5.30. The Morgan fingerprint density at radius 3 is 2.39 bits per heavy atom. The number of pyridine rings is 1. The molecule has 2 N–H and O–H groups in total. The molecular weight excluding hydrogens is 392 g/mol. The molecule has 4 rings (SSSR count). The number of ether oxygens (including phenoxy) is 1. The average Bonchev–Trinajstić information content (AvgIpc) is 3.11. The summed E-state index contributed by atoms with van der Waals surface area (Å²) in [6.07, 6.45) is 6.50. The molecule has 156 valence electrons. The predicted octanol–water partition coefficient (Wildman–Crippen LogP) is 4.72. The van der Waals surface area contributed by atoms with E-state index in [1.54, 1.807) is 12.2 Å². The van der Waals surface area contributed by atoms with Gasteiger partial charge in [-0.1, -0.05) is 60.7 Å². The maximum Gasteiger partial charge on any atom is 0.407 e. The van der Waals surface area contributed by atoms with Crippen LogP contribution in [0.4, 0.5) is 4.79 Å². The van der Waals surface area contributed by atoms with Crippen LogP contribution in [0.15, 0.2) is 73.1 Å². The number of carbonyl (C=O) groups excluding carboxylic acids is 1. The molecule has 1 aromatic heterocycles. The first-order valence-corrected chi connectivity index (χ1v) is 10.1. The van der Waals surface area contributed by atoms with Crippen molar-refractivity contribution < 1.29 is 19.4 Å². The van der Waals surface area contributed by atoms with Gasteiger partial charge in [-0.25, -0.2) is 9.59 Å². The van der Waals surface area contributed by atoms with Crippen LogP contribution in [0.1, 0.15) is 39.4 Å². The Hall–Kier alpha value is -3.93. The number of carbonyl (C=O) groups is 2. The second-order valence-electron chi connectivity index (χ2n) is 7.21. The molecule has 6 heteroatoms. The number of alkyl carbamates (subject to hydrolysis) is 1. The number of hydrogen-bond acceptors (Lipinski definition) is 4. The van der Waals surface area contributed by atoms with Gasteiger partial charge in [-0.2, -0.15) is 0 Å². The quantitative estimate of drug-likeness (QED) is 0.546. The molecule has 2 aromatic carbocycles. The van der Waals surface area contributed by atoms with Crippen LogP contribution in [-0.4, -0.2) is 35.3 Å². The van der Waals surface area contributed by atoms with E-state index in [0.717, 1.165) is 0 Å². The van der Waals surface area contributed by atoms with Crippen molar-refractivity contribution in [1.82, 2.24) is 10.3 Å². The number of amides is 1. The van der Waals surface area contributed by atoms with Gasteiger partial charge in [0, 0.05) is 30.4 Å². The first kappa shape index (κ1) is 20.3. The van der Waals surface area contributed by atoms with Crippen molar-refractivity contribution in [2.45, 2.75) is 12.3 Å². The van der Waals surface area contributed by atoms with E-state index in [1.165, 1.54) is 40.7 Å². The Morgan fingerprint density at radius 1 is 1.03 bits per heavy atom. The van der Waals surface area contributed by atoms with E-state index in [4.69, 9.17) is 4.74 Å². The van der Waals surface area contributed by atoms with Crippen molar-refractivity contribution in [3.8, 4) is 11.1 Å². The maximum atomic E-state index is 12.2. The molecule has 1 aliphatic carbocycles. The van der Waals surface area contributed by atoms with Crippen LogP contribution in [0.3, 0.4) is 0 Å². The third kappa shape index (κ3) is 4.48. The Kier molecular flexibility index (Phi) is 6.08. The molecule has 0 saturated heterocycles. The summed E-state index contributed by atoms with van der Waals surface area (Å²) in [5, 5.41) is 11.9. The summed E-state index contributed by atoms with van der Waals surface area (Å²) in [4.78, 5) is 27.3. The van der Waals surface area contributed by atoms with Crippen molar-refractivity contribution in [2.24, 2.45) is 0 Å². The number of rotatable bonds is 7. The molecule has 31 heavy (non-hydrogen) atoms. The molecule has 0 unspecified atom stereocenters. The van der Waals surface area contributed by atoms with E-state index in [-0.39, 0.29) is 18.1 Å². The maximum absolute atomic E-state index is 12.2. The van der Waals surface area contributed by atoms with Crippen molar-refractivity contribution in [3.05, 3.63) is 95.3 Å². The van der Waals surface area contributed by atoms with Gasteiger partial charge >= 0.3 is 12.1 Å². The highest BCUT2D eigenvalue weighted by atomic mass is 16.5. The van der Waals surface area contributed by atoms with Gasteiger partial charge in [0.15, 0.2) is 0 Å². The van der Waals surface area contributed by atoms with Crippen LogP contribution in [-0.2, 0) is 4.74 Å². The van der Waals surface area contributed by atoms with Crippen molar-refractivity contribution >= 4 is 18.1 Å². The Balaban J connectivity index is 1.29. The molecule has 0 saturated carbocycles. The predicted molar refractivity (Wildman–Crippen MR) is 118 cm³/mol. The summed E-state index contributed by atoms with van der Waals surface area (Å²) in [7, 11) is 0. The molecule has 0 bridgehead atoms. The van der Waals surface area contributed by atoms with Gasteiger partial charge in [-0.15, -0.1) is 0 Å². The van der Waals surface area contributed by atoms with Crippen LogP contribution in [0.25, 0.3) is 17.2 Å². The lowest BCUT2D eigenvalue weighted by molar-refractivity contribution is 0.0696. The second-order valence-corrected chi connectivity index (χ2v) is 7.21. The van der Waals surface area contributed by atoms with Gasteiger partial charge in [0.1, 0.15) is 6.61 Å². The highest BCUT2D eigenvalue weighted by Crippen LogP contribution is 2.44. The molecular formula is C25H22N2O4. The van der Waals surface area contributed by atoms with E-state index in [1.807, 2.05) is 24.3 Å². The summed E-state index contributed by atoms with van der Waals surface area (Å²) in [6, 6.07) is 17.8. The number of carboxylic acid groups (broad SMARTS) is 1. The standard InChI is InChI=1S/C25H22N2O4/c28-24(29)18-12-14-26-15-17(18)7-5-6-13-27-25(30)31-16-23-21-10-3-1-8-19(21)20-9-2-4-11-22(20)23/h1-5,7-12,14-15,23H,6,13,16H2,(H,27,30)(H,28,29). The number of carboxylic acids is 1. The van der Waals surface area contributed by atoms with Crippen LogP contribution < -0.4 is 5.32 Å². The molecule has 0 spiro atoms. The molecule has 1 heterocycles. The van der Waals surface area contributed by atoms with Crippen molar-refractivity contribution in [2.75, 3.05) is 13.2 Å². The number of nitrogens with zero attached hydrogens (tertiary/aromatic N) is 1. The number of fused-ring (bicyclic) bond motifs is 3.